The van der Waals surface area contributed by atoms with Crippen LogP contribution >= 0.6 is 0 Å². The Morgan fingerprint density at radius 2 is 1.83 bits per heavy atom. The number of carbonyl (C=O) groups is 1. The van der Waals surface area contributed by atoms with Crippen LogP contribution < -0.4 is 10.9 Å². The Morgan fingerprint density at radius 3 is 2.50 bits per heavy atom. The standard InChI is InChI=1S/C15H16N2O/c1-16-17-14(18)15(8-9-15)13-7-6-11-4-2-3-5-12(11)10-13/h2-7,10,16H,8-9H2,1H3,(H,17,18). The largest absolute Gasteiger partial charge is 0.291 e. The molecule has 1 aliphatic carbocycles. The van der Waals surface area contributed by atoms with Crippen LogP contribution in [0.4, 0.5) is 0 Å². The maximum atomic E-state index is 12.1. The molecular formula is C15H16N2O. The number of carbonyl (C=O) groups excluding carboxylic acids is 1. The van der Waals surface area contributed by atoms with Crippen molar-refractivity contribution in [2.75, 3.05) is 7.05 Å². The van der Waals surface area contributed by atoms with Gasteiger partial charge in [0.25, 0.3) is 0 Å². The maximum absolute atomic E-state index is 12.1. The Balaban J connectivity index is 2.02. The van der Waals surface area contributed by atoms with E-state index >= 15 is 0 Å². The SMILES string of the molecule is CNNC(=O)C1(c2ccc3ccccc3c2)CC1. The van der Waals surface area contributed by atoms with Gasteiger partial charge >= 0.3 is 0 Å². The van der Waals surface area contributed by atoms with Crippen molar-refractivity contribution in [3.63, 3.8) is 0 Å². The molecule has 18 heavy (non-hydrogen) atoms. The molecule has 1 amide bonds. The lowest BCUT2D eigenvalue weighted by molar-refractivity contribution is -0.124. The summed E-state index contributed by atoms with van der Waals surface area (Å²) in [7, 11) is 1.72. The summed E-state index contributed by atoms with van der Waals surface area (Å²) < 4.78 is 0. The van der Waals surface area contributed by atoms with Gasteiger partial charge in [0.2, 0.25) is 5.91 Å². The van der Waals surface area contributed by atoms with Crippen molar-refractivity contribution < 1.29 is 4.79 Å². The minimum atomic E-state index is -0.312. The monoisotopic (exact) mass is 240 g/mol. The molecule has 2 aromatic rings. The zero-order valence-electron chi connectivity index (χ0n) is 10.4. The Hall–Kier alpha value is -1.87. The number of hydrogen-bond acceptors (Lipinski definition) is 2. The fraction of sp³-hybridized carbons (Fsp3) is 0.267. The van der Waals surface area contributed by atoms with Gasteiger partial charge < -0.3 is 0 Å². The second kappa shape index (κ2) is 4.10. The van der Waals surface area contributed by atoms with E-state index in [1.165, 1.54) is 10.8 Å². The fourth-order valence-corrected chi connectivity index (χ4v) is 2.49. The number of fused-ring (bicyclic) bond motifs is 1. The third-order valence-corrected chi connectivity index (χ3v) is 3.73. The Bertz CT molecular complexity index is 602. The van der Waals surface area contributed by atoms with Crippen molar-refractivity contribution in [1.29, 1.82) is 0 Å². The van der Waals surface area contributed by atoms with Crippen LogP contribution in [0.3, 0.4) is 0 Å². The predicted octanol–water partition coefficient (Wildman–Crippen LogP) is 2.12. The van der Waals surface area contributed by atoms with Crippen LogP contribution in [-0.2, 0) is 10.2 Å². The highest BCUT2D eigenvalue weighted by Crippen LogP contribution is 2.48. The number of nitrogens with one attached hydrogen (secondary N) is 2. The third kappa shape index (κ3) is 1.68. The van der Waals surface area contributed by atoms with Gasteiger partial charge in [0, 0.05) is 7.05 Å². The van der Waals surface area contributed by atoms with E-state index in [2.05, 4.69) is 41.2 Å². The highest BCUT2D eigenvalue weighted by Gasteiger charge is 2.51. The van der Waals surface area contributed by atoms with Gasteiger partial charge in [-0.25, -0.2) is 5.43 Å². The molecule has 2 aromatic carbocycles. The van der Waals surface area contributed by atoms with Gasteiger partial charge in [0.1, 0.15) is 0 Å². The van der Waals surface area contributed by atoms with Crippen molar-refractivity contribution in [2.45, 2.75) is 18.3 Å². The van der Waals surface area contributed by atoms with Gasteiger partial charge in [-0.1, -0.05) is 42.5 Å². The van der Waals surface area contributed by atoms with Gasteiger partial charge in [-0.2, -0.15) is 0 Å². The topological polar surface area (TPSA) is 41.1 Å². The second-order valence-corrected chi connectivity index (χ2v) is 4.85. The zero-order chi connectivity index (χ0) is 12.6. The molecule has 3 nitrogen and oxygen atoms in total. The van der Waals surface area contributed by atoms with Crippen molar-refractivity contribution in [3.05, 3.63) is 48.0 Å². The van der Waals surface area contributed by atoms with E-state index < -0.39 is 0 Å². The van der Waals surface area contributed by atoms with Crippen molar-refractivity contribution in [3.8, 4) is 0 Å². The van der Waals surface area contributed by atoms with E-state index in [0.717, 1.165) is 18.4 Å². The van der Waals surface area contributed by atoms with E-state index in [-0.39, 0.29) is 11.3 Å². The molecule has 0 heterocycles. The lowest BCUT2D eigenvalue weighted by Gasteiger charge is -2.15. The molecule has 2 N–H and O–H groups in total. The highest BCUT2D eigenvalue weighted by atomic mass is 16.2. The van der Waals surface area contributed by atoms with Crippen LogP contribution in [0.1, 0.15) is 18.4 Å². The summed E-state index contributed by atoms with van der Waals surface area (Å²) in [6.07, 6.45) is 1.86. The Labute approximate surface area is 106 Å². The first-order valence-electron chi connectivity index (χ1n) is 6.23. The van der Waals surface area contributed by atoms with Crippen LogP contribution in [0.5, 0.6) is 0 Å². The van der Waals surface area contributed by atoms with Gasteiger partial charge in [0.05, 0.1) is 5.41 Å². The molecule has 1 aliphatic rings. The number of hydrogen-bond donors (Lipinski definition) is 2. The third-order valence-electron chi connectivity index (χ3n) is 3.73. The average molecular weight is 240 g/mol. The first kappa shape index (κ1) is 11.2. The van der Waals surface area contributed by atoms with Gasteiger partial charge in [0.15, 0.2) is 0 Å². The van der Waals surface area contributed by atoms with Crippen molar-refractivity contribution in [2.24, 2.45) is 0 Å². The number of hydrazine groups is 1. The van der Waals surface area contributed by atoms with Gasteiger partial charge in [-0.3, -0.25) is 10.2 Å². The molecule has 1 saturated carbocycles. The van der Waals surface area contributed by atoms with Gasteiger partial charge in [-0.15, -0.1) is 0 Å². The minimum absolute atomic E-state index is 0.0697. The summed E-state index contributed by atoms with van der Waals surface area (Å²) in [5.41, 5.74) is 6.23. The summed E-state index contributed by atoms with van der Waals surface area (Å²) in [5.74, 6) is 0.0697. The van der Waals surface area contributed by atoms with E-state index in [1.807, 2.05) is 12.1 Å². The fourth-order valence-electron chi connectivity index (χ4n) is 2.49. The molecule has 0 atom stereocenters. The first-order chi connectivity index (χ1) is 8.76. The molecule has 0 aliphatic heterocycles. The maximum Gasteiger partial charge on any atom is 0.244 e. The molecule has 0 spiro atoms. The minimum Gasteiger partial charge on any atom is -0.291 e. The summed E-state index contributed by atoms with van der Waals surface area (Å²) >= 11 is 0. The normalized spacial score (nSPS) is 16.5. The molecule has 3 rings (SSSR count). The number of rotatable bonds is 3. The van der Waals surface area contributed by atoms with Gasteiger partial charge in [-0.05, 0) is 29.2 Å². The average Bonchev–Trinajstić information content (AvgIpc) is 3.20. The predicted molar refractivity (Wildman–Crippen MR) is 72.1 cm³/mol. The molecule has 92 valence electrons. The van der Waals surface area contributed by atoms with Crippen molar-refractivity contribution >= 4 is 16.7 Å². The molecule has 3 heteroatoms. The summed E-state index contributed by atoms with van der Waals surface area (Å²) in [6.45, 7) is 0. The van der Waals surface area contributed by atoms with E-state index in [4.69, 9.17) is 0 Å². The molecule has 0 bridgehead atoms. The molecule has 0 radical (unpaired) electrons. The first-order valence-corrected chi connectivity index (χ1v) is 6.23. The van der Waals surface area contributed by atoms with E-state index in [0.29, 0.717) is 0 Å². The summed E-state index contributed by atoms with van der Waals surface area (Å²) in [4.78, 5) is 12.1. The number of benzene rings is 2. The summed E-state index contributed by atoms with van der Waals surface area (Å²) in [5, 5.41) is 2.41. The lowest BCUT2D eigenvalue weighted by atomic mass is 9.93. The smallest absolute Gasteiger partial charge is 0.244 e. The molecule has 1 fully saturated rings. The zero-order valence-corrected chi connectivity index (χ0v) is 10.4. The Morgan fingerprint density at radius 1 is 1.11 bits per heavy atom. The number of amides is 1. The summed E-state index contributed by atoms with van der Waals surface area (Å²) in [6, 6.07) is 14.5. The Kier molecular flexibility index (Phi) is 2.56. The van der Waals surface area contributed by atoms with E-state index in [9.17, 15) is 4.79 Å². The van der Waals surface area contributed by atoms with Crippen molar-refractivity contribution in [1.82, 2.24) is 10.9 Å². The lowest BCUT2D eigenvalue weighted by Crippen LogP contribution is -2.41. The van der Waals surface area contributed by atoms with Crippen LogP contribution in [0, 0.1) is 0 Å². The van der Waals surface area contributed by atoms with Crippen LogP contribution in [-0.4, -0.2) is 13.0 Å². The quantitative estimate of drug-likeness (QED) is 0.807. The molecular weight excluding hydrogens is 224 g/mol. The van der Waals surface area contributed by atoms with E-state index in [1.54, 1.807) is 7.05 Å². The molecule has 0 aromatic heterocycles. The molecule has 0 saturated heterocycles. The molecule has 0 unspecified atom stereocenters. The van der Waals surface area contributed by atoms with Crippen LogP contribution in [0.25, 0.3) is 10.8 Å². The van der Waals surface area contributed by atoms with Crippen LogP contribution in [0.2, 0.25) is 0 Å². The van der Waals surface area contributed by atoms with Crippen LogP contribution in [0.15, 0.2) is 42.5 Å². The highest BCUT2D eigenvalue weighted by molar-refractivity contribution is 5.93. The second-order valence-electron chi connectivity index (χ2n) is 4.85.